The van der Waals surface area contributed by atoms with Crippen molar-refractivity contribution in [3.8, 4) is 0 Å². The second kappa shape index (κ2) is 8.64. The lowest BCUT2D eigenvalue weighted by Gasteiger charge is -2.05. The number of halogens is 1. The molecule has 2 rings (SSSR count). The maximum Gasteiger partial charge on any atom is 0.269 e. The molecule has 0 spiro atoms. The van der Waals surface area contributed by atoms with Crippen LogP contribution in [0.25, 0.3) is 0 Å². The third-order valence-corrected chi connectivity index (χ3v) is 3.26. The highest BCUT2D eigenvalue weighted by Crippen LogP contribution is 2.10. The van der Waals surface area contributed by atoms with Gasteiger partial charge in [-0.2, -0.15) is 0 Å². The van der Waals surface area contributed by atoms with Gasteiger partial charge in [-0.25, -0.2) is 0 Å². The highest BCUT2D eigenvalue weighted by Gasteiger charge is 2.06. The Balaban J connectivity index is 1.82. The minimum Gasteiger partial charge on any atom is -0.347 e. The fourth-order valence-electron chi connectivity index (χ4n) is 1.86. The predicted octanol–water partition coefficient (Wildman–Crippen LogP) is 3.17. The summed E-state index contributed by atoms with van der Waals surface area (Å²) in [6.45, 7) is 0.256. The molecule has 0 aliphatic carbocycles. The summed E-state index contributed by atoms with van der Waals surface area (Å²) >= 11 is 5.86. The van der Waals surface area contributed by atoms with Gasteiger partial charge >= 0.3 is 0 Å². The molecule has 5 nitrogen and oxygen atoms in total. The zero-order chi connectivity index (χ0) is 17.4. The van der Waals surface area contributed by atoms with Crippen LogP contribution in [0.4, 0.5) is 5.69 Å². The molecule has 6 heteroatoms. The molecule has 0 aliphatic rings. The van der Waals surface area contributed by atoms with E-state index in [2.05, 4.69) is 10.6 Å². The van der Waals surface area contributed by atoms with Crippen molar-refractivity contribution in [2.75, 3.05) is 5.32 Å². The SMILES string of the molecule is N=C(/C=C\C(=O)Nc1ccccc1)C(=O)NCc1cccc(Cl)c1. The Labute approximate surface area is 144 Å². The lowest BCUT2D eigenvalue weighted by atomic mass is 10.2. The number of anilines is 1. The van der Waals surface area contributed by atoms with Gasteiger partial charge in [0.15, 0.2) is 0 Å². The summed E-state index contributed by atoms with van der Waals surface area (Å²) in [5.41, 5.74) is 1.17. The summed E-state index contributed by atoms with van der Waals surface area (Å²) in [4.78, 5) is 23.5. The van der Waals surface area contributed by atoms with E-state index < -0.39 is 11.8 Å². The van der Waals surface area contributed by atoms with Crippen molar-refractivity contribution in [2.45, 2.75) is 6.54 Å². The van der Waals surface area contributed by atoms with Gasteiger partial charge in [0.2, 0.25) is 5.91 Å². The lowest BCUT2D eigenvalue weighted by molar-refractivity contribution is -0.115. The average molecular weight is 342 g/mol. The lowest BCUT2D eigenvalue weighted by Crippen LogP contribution is -2.29. The van der Waals surface area contributed by atoms with Crippen LogP contribution < -0.4 is 10.6 Å². The van der Waals surface area contributed by atoms with Crippen LogP contribution in [0.3, 0.4) is 0 Å². The van der Waals surface area contributed by atoms with Crippen molar-refractivity contribution in [1.29, 1.82) is 5.41 Å². The van der Waals surface area contributed by atoms with E-state index in [4.69, 9.17) is 17.0 Å². The van der Waals surface area contributed by atoms with E-state index in [9.17, 15) is 9.59 Å². The topological polar surface area (TPSA) is 82.1 Å². The fourth-order valence-corrected chi connectivity index (χ4v) is 2.08. The molecule has 0 unspecified atom stereocenters. The van der Waals surface area contributed by atoms with Crippen molar-refractivity contribution in [1.82, 2.24) is 5.32 Å². The molecule has 2 aromatic carbocycles. The first kappa shape index (κ1) is 17.4. The second-order valence-corrected chi connectivity index (χ2v) is 5.35. The molecule has 0 bridgehead atoms. The molecule has 24 heavy (non-hydrogen) atoms. The zero-order valence-electron chi connectivity index (χ0n) is 12.8. The summed E-state index contributed by atoms with van der Waals surface area (Å²) in [5.74, 6) is -0.979. The molecule has 0 fully saturated rings. The zero-order valence-corrected chi connectivity index (χ0v) is 13.5. The van der Waals surface area contributed by atoms with Crippen LogP contribution in [0.5, 0.6) is 0 Å². The molecule has 0 atom stereocenters. The first-order valence-corrected chi connectivity index (χ1v) is 7.58. The van der Waals surface area contributed by atoms with Gasteiger partial charge in [0.25, 0.3) is 5.91 Å². The summed E-state index contributed by atoms with van der Waals surface area (Å²) in [6, 6.07) is 16.0. The van der Waals surface area contributed by atoms with Crippen LogP contribution >= 0.6 is 11.6 Å². The molecule has 3 N–H and O–H groups in total. The summed E-state index contributed by atoms with van der Waals surface area (Å²) in [5, 5.41) is 13.5. The van der Waals surface area contributed by atoms with E-state index >= 15 is 0 Å². The third kappa shape index (κ3) is 5.70. The number of nitrogens with one attached hydrogen (secondary N) is 3. The molecule has 2 amide bonds. The molecular formula is C18H16ClN3O2. The highest BCUT2D eigenvalue weighted by atomic mass is 35.5. The molecular weight excluding hydrogens is 326 g/mol. The van der Waals surface area contributed by atoms with Gasteiger partial charge in [-0.3, -0.25) is 15.0 Å². The van der Waals surface area contributed by atoms with E-state index in [1.54, 1.807) is 42.5 Å². The maximum absolute atomic E-state index is 11.8. The fraction of sp³-hybridized carbons (Fsp3) is 0.0556. The minimum atomic E-state index is -0.571. The third-order valence-electron chi connectivity index (χ3n) is 3.03. The van der Waals surface area contributed by atoms with Crippen molar-refractivity contribution < 1.29 is 9.59 Å². The summed E-state index contributed by atoms with van der Waals surface area (Å²) in [7, 11) is 0. The van der Waals surface area contributed by atoms with Crippen molar-refractivity contribution in [3.05, 3.63) is 77.3 Å². The first-order chi connectivity index (χ1) is 11.5. The molecule has 2 aromatic rings. The number of rotatable bonds is 6. The Kier molecular flexibility index (Phi) is 6.28. The summed E-state index contributed by atoms with van der Waals surface area (Å²) in [6.07, 6.45) is 2.31. The van der Waals surface area contributed by atoms with Gasteiger partial charge in [0, 0.05) is 23.3 Å². The minimum absolute atomic E-state index is 0.256. The second-order valence-electron chi connectivity index (χ2n) is 4.91. The number of amides is 2. The van der Waals surface area contributed by atoms with Gasteiger partial charge in [-0.05, 0) is 35.9 Å². The maximum atomic E-state index is 11.8. The van der Waals surface area contributed by atoms with E-state index in [1.807, 2.05) is 12.1 Å². The number of para-hydroxylation sites is 1. The highest BCUT2D eigenvalue weighted by molar-refractivity contribution is 6.42. The van der Waals surface area contributed by atoms with Crippen LogP contribution in [0.2, 0.25) is 5.02 Å². The van der Waals surface area contributed by atoms with Gasteiger partial charge < -0.3 is 10.6 Å². The quantitative estimate of drug-likeness (QED) is 0.557. The standard InChI is InChI=1S/C18H16ClN3O2/c19-14-6-4-5-13(11-14)12-21-18(24)16(20)9-10-17(23)22-15-7-2-1-3-8-15/h1-11,20H,12H2,(H,21,24)(H,22,23)/b10-9-,20-16?. The van der Waals surface area contributed by atoms with Crippen LogP contribution in [0.15, 0.2) is 66.7 Å². The van der Waals surface area contributed by atoms with Crippen molar-refractivity contribution in [2.24, 2.45) is 0 Å². The first-order valence-electron chi connectivity index (χ1n) is 7.20. The van der Waals surface area contributed by atoms with Crippen LogP contribution in [-0.2, 0) is 16.1 Å². The van der Waals surface area contributed by atoms with Gasteiger partial charge in [-0.15, -0.1) is 0 Å². The molecule has 0 aliphatic heterocycles. The Morgan fingerprint density at radius 3 is 2.50 bits per heavy atom. The number of hydrogen-bond donors (Lipinski definition) is 3. The smallest absolute Gasteiger partial charge is 0.269 e. The van der Waals surface area contributed by atoms with E-state index in [1.165, 1.54) is 0 Å². The molecule has 0 heterocycles. The Bertz CT molecular complexity index is 773. The van der Waals surface area contributed by atoms with Crippen LogP contribution in [-0.4, -0.2) is 17.5 Å². The Hall–Kier alpha value is -2.92. The normalized spacial score (nSPS) is 10.4. The van der Waals surface area contributed by atoms with Gasteiger partial charge in [0.05, 0.1) is 0 Å². The number of hydrogen-bond acceptors (Lipinski definition) is 3. The predicted molar refractivity (Wildman–Crippen MR) is 95.2 cm³/mol. The summed E-state index contributed by atoms with van der Waals surface area (Å²) < 4.78 is 0. The van der Waals surface area contributed by atoms with Gasteiger partial charge in [-0.1, -0.05) is 41.9 Å². The van der Waals surface area contributed by atoms with Crippen molar-refractivity contribution >= 4 is 34.8 Å². The van der Waals surface area contributed by atoms with E-state index in [-0.39, 0.29) is 12.3 Å². The molecule has 0 aromatic heterocycles. The van der Waals surface area contributed by atoms with Crippen LogP contribution in [0.1, 0.15) is 5.56 Å². The molecule has 0 radical (unpaired) electrons. The largest absolute Gasteiger partial charge is 0.347 e. The van der Waals surface area contributed by atoms with Gasteiger partial charge in [0.1, 0.15) is 5.71 Å². The Morgan fingerprint density at radius 2 is 1.79 bits per heavy atom. The van der Waals surface area contributed by atoms with E-state index in [0.29, 0.717) is 10.7 Å². The molecule has 0 saturated heterocycles. The Morgan fingerprint density at radius 1 is 1.04 bits per heavy atom. The molecule has 122 valence electrons. The number of carbonyl (C=O) groups excluding carboxylic acids is 2. The number of carbonyl (C=O) groups is 2. The number of benzene rings is 2. The van der Waals surface area contributed by atoms with E-state index in [0.717, 1.165) is 17.7 Å². The average Bonchev–Trinajstić information content (AvgIpc) is 2.58. The van der Waals surface area contributed by atoms with Crippen LogP contribution in [0, 0.1) is 5.41 Å². The monoisotopic (exact) mass is 341 g/mol. The molecule has 0 saturated carbocycles. The van der Waals surface area contributed by atoms with Crippen molar-refractivity contribution in [3.63, 3.8) is 0 Å².